The number of thiazole rings is 1. The van der Waals surface area contributed by atoms with Crippen LogP contribution in [0.4, 0.5) is 5.13 Å². The van der Waals surface area contributed by atoms with E-state index >= 15 is 0 Å². The number of amides is 1. The Morgan fingerprint density at radius 2 is 2.08 bits per heavy atom. The van der Waals surface area contributed by atoms with Gasteiger partial charge in [0.05, 0.1) is 36.1 Å². The highest BCUT2D eigenvalue weighted by molar-refractivity contribution is 7.22. The van der Waals surface area contributed by atoms with Gasteiger partial charge >= 0.3 is 0 Å². The monoisotopic (exact) mass is 367 g/mol. The van der Waals surface area contributed by atoms with Crippen LogP contribution in [0.3, 0.4) is 0 Å². The molecule has 0 saturated carbocycles. The Morgan fingerprint density at radius 1 is 1.25 bits per heavy atom. The van der Waals surface area contributed by atoms with Crippen molar-refractivity contribution in [3.05, 3.63) is 23.2 Å². The minimum atomic E-state index is -0.445. The molecular weight excluding hydrogens is 350 g/mol. The Bertz CT molecular complexity index is 747. The van der Waals surface area contributed by atoms with E-state index in [9.17, 15) is 4.79 Å². The number of benzene rings is 1. The van der Waals surface area contributed by atoms with Crippen molar-refractivity contribution in [3.8, 4) is 0 Å². The molecule has 1 aromatic heterocycles. The van der Waals surface area contributed by atoms with Crippen molar-refractivity contribution in [1.29, 1.82) is 0 Å². The number of anilines is 1. The van der Waals surface area contributed by atoms with Crippen molar-refractivity contribution in [1.82, 2.24) is 9.88 Å². The zero-order valence-electron chi connectivity index (χ0n) is 13.1. The summed E-state index contributed by atoms with van der Waals surface area (Å²) in [5.74, 6) is 0.0437. The Kier molecular flexibility index (Phi) is 4.58. The van der Waals surface area contributed by atoms with Gasteiger partial charge in [0.1, 0.15) is 5.52 Å². The second kappa shape index (κ2) is 6.84. The van der Waals surface area contributed by atoms with Crippen molar-refractivity contribution in [2.75, 3.05) is 50.9 Å². The van der Waals surface area contributed by atoms with Crippen LogP contribution in [0, 0.1) is 0 Å². The average molecular weight is 368 g/mol. The lowest BCUT2D eigenvalue weighted by Gasteiger charge is -2.36. The number of nitrogens with zero attached hydrogens (tertiary/aromatic N) is 3. The highest BCUT2D eigenvalue weighted by atomic mass is 35.5. The molecule has 6 nitrogen and oxygen atoms in total. The van der Waals surface area contributed by atoms with E-state index in [2.05, 4.69) is 9.88 Å². The maximum absolute atomic E-state index is 12.6. The van der Waals surface area contributed by atoms with Gasteiger partial charge in [-0.25, -0.2) is 4.98 Å². The molecule has 0 spiro atoms. The zero-order valence-corrected chi connectivity index (χ0v) is 14.7. The fourth-order valence-corrected chi connectivity index (χ4v) is 4.30. The number of hydrogen-bond donors (Lipinski definition) is 0. The standard InChI is InChI=1S/C16H18ClN3O3S/c17-11-2-1-3-13-14(11)18-16(24-13)20-6-9-23-12(10-20)15(21)19-4-7-22-8-5-19/h1-3,12H,4-10H2. The van der Waals surface area contributed by atoms with Crippen LogP contribution in [0.25, 0.3) is 10.2 Å². The first-order valence-electron chi connectivity index (χ1n) is 8.00. The molecule has 0 radical (unpaired) electrons. The van der Waals surface area contributed by atoms with Crippen LogP contribution in [0.15, 0.2) is 18.2 Å². The first-order chi connectivity index (χ1) is 11.7. The zero-order chi connectivity index (χ0) is 16.5. The van der Waals surface area contributed by atoms with Gasteiger partial charge in [-0.05, 0) is 12.1 Å². The van der Waals surface area contributed by atoms with Crippen molar-refractivity contribution in [2.24, 2.45) is 0 Å². The van der Waals surface area contributed by atoms with Gasteiger partial charge in [0.2, 0.25) is 0 Å². The predicted molar refractivity (Wildman–Crippen MR) is 94.0 cm³/mol. The molecular formula is C16H18ClN3O3S. The number of halogens is 1. The fourth-order valence-electron chi connectivity index (χ4n) is 3.00. The number of fused-ring (bicyclic) bond motifs is 1. The molecule has 0 bridgehead atoms. The number of carbonyl (C=O) groups excluding carboxylic acids is 1. The van der Waals surface area contributed by atoms with E-state index in [1.54, 1.807) is 11.3 Å². The number of carbonyl (C=O) groups is 1. The molecule has 0 N–H and O–H groups in total. The highest BCUT2D eigenvalue weighted by Gasteiger charge is 2.32. The summed E-state index contributed by atoms with van der Waals surface area (Å²) >= 11 is 7.82. The summed E-state index contributed by atoms with van der Waals surface area (Å²) in [6.07, 6.45) is -0.445. The first kappa shape index (κ1) is 16.1. The van der Waals surface area contributed by atoms with E-state index < -0.39 is 6.10 Å². The minimum absolute atomic E-state index is 0.0437. The molecule has 2 fully saturated rings. The van der Waals surface area contributed by atoms with Crippen LogP contribution in [0.2, 0.25) is 5.02 Å². The third-order valence-electron chi connectivity index (χ3n) is 4.29. The second-order valence-electron chi connectivity index (χ2n) is 5.83. The summed E-state index contributed by atoms with van der Waals surface area (Å²) < 4.78 is 12.1. The molecule has 1 amide bonds. The maximum Gasteiger partial charge on any atom is 0.253 e. The molecule has 128 valence electrons. The first-order valence-corrected chi connectivity index (χ1v) is 9.20. The molecule has 1 atom stereocenters. The molecule has 3 heterocycles. The Morgan fingerprint density at radius 3 is 2.88 bits per heavy atom. The fraction of sp³-hybridized carbons (Fsp3) is 0.500. The normalized spacial score (nSPS) is 22.1. The summed E-state index contributed by atoms with van der Waals surface area (Å²) in [6, 6.07) is 5.79. The van der Waals surface area contributed by atoms with Crippen molar-refractivity contribution in [3.63, 3.8) is 0 Å². The number of rotatable bonds is 2. The quantitative estimate of drug-likeness (QED) is 0.812. The summed E-state index contributed by atoms with van der Waals surface area (Å²) in [4.78, 5) is 21.2. The molecule has 1 aromatic carbocycles. The summed E-state index contributed by atoms with van der Waals surface area (Å²) in [6.45, 7) is 4.23. The second-order valence-corrected chi connectivity index (χ2v) is 7.24. The molecule has 2 aliphatic heterocycles. The topological polar surface area (TPSA) is 54.9 Å². The summed E-state index contributed by atoms with van der Waals surface area (Å²) in [7, 11) is 0. The van der Waals surface area contributed by atoms with E-state index in [4.69, 9.17) is 21.1 Å². The van der Waals surface area contributed by atoms with Gasteiger partial charge in [0, 0.05) is 19.6 Å². The van der Waals surface area contributed by atoms with E-state index in [0.29, 0.717) is 44.5 Å². The van der Waals surface area contributed by atoms with Crippen LogP contribution in [0.5, 0.6) is 0 Å². The summed E-state index contributed by atoms with van der Waals surface area (Å²) in [5, 5.41) is 1.55. The van der Waals surface area contributed by atoms with Crippen LogP contribution >= 0.6 is 22.9 Å². The molecule has 0 aliphatic carbocycles. The number of ether oxygens (including phenoxy) is 2. The largest absolute Gasteiger partial charge is 0.378 e. The van der Waals surface area contributed by atoms with Crippen molar-refractivity contribution < 1.29 is 14.3 Å². The number of hydrogen-bond acceptors (Lipinski definition) is 6. The summed E-state index contributed by atoms with van der Waals surface area (Å²) in [5.41, 5.74) is 0.821. The van der Waals surface area contributed by atoms with Gasteiger partial charge in [-0.1, -0.05) is 29.0 Å². The van der Waals surface area contributed by atoms with Gasteiger partial charge in [-0.15, -0.1) is 0 Å². The third-order valence-corrected chi connectivity index (χ3v) is 5.68. The van der Waals surface area contributed by atoms with Crippen molar-refractivity contribution >= 4 is 44.2 Å². The van der Waals surface area contributed by atoms with E-state index in [0.717, 1.165) is 21.9 Å². The molecule has 1 unspecified atom stereocenters. The maximum atomic E-state index is 12.6. The molecule has 8 heteroatoms. The lowest BCUT2D eigenvalue weighted by molar-refractivity contribution is -0.148. The van der Waals surface area contributed by atoms with Gasteiger partial charge < -0.3 is 19.3 Å². The molecule has 2 aromatic rings. The predicted octanol–water partition coefficient (Wildman–Crippen LogP) is 2.01. The van der Waals surface area contributed by atoms with Crippen LogP contribution < -0.4 is 4.90 Å². The van der Waals surface area contributed by atoms with Gasteiger partial charge in [-0.2, -0.15) is 0 Å². The van der Waals surface area contributed by atoms with Crippen molar-refractivity contribution in [2.45, 2.75) is 6.10 Å². The van der Waals surface area contributed by atoms with Crippen LogP contribution in [-0.4, -0.2) is 67.9 Å². The van der Waals surface area contributed by atoms with Gasteiger partial charge in [-0.3, -0.25) is 4.79 Å². The lowest BCUT2D eigenvalue weighted by atomic mass is 10.2. The smallest absolute Gasteiger partial charge is 0.253 e. The van der Waals surface area contributed by atoms with E-state index in [-0.39, 0.29) is 5.91 Å². The third kappa shape index (κ3) is 3.09. The van der Waals surface area contributed by atoms with E-state index in [1.165, 1.54) is 0 Å². The highest BCUT2D eigenvalue weighted by Crippen LogP contribution is 2.33. The Hall–Kier alpha value is -1.41. The molecule has 2 aliphatic rings. The lowest BCUT2D eigenvalue weighted by Crippen LogP contribution is -2.53. The number of aromatic nitrogens is 1. The Balaban J connectivity index is 1.51. The number of para-hydroxylation sites is 1. The van der Waals surface area contributed by atoms with Gasteiger partial charge in [0.25, 0.3) is 5.91 Å². The van der Waals surface area contributed by atoms with Crippen LogP contribution in [0.1, 0.15) is 0 Å². The van der Waals surface area contributed by atoms with Gasteiger partial charge in [0.15, 0.2) is 11.2 Å². The number of morpholine rings is 2. The van der Waals surface area contributed by atoms with Crippen LogP contribution in [-0.2, 0) is 14.3 Å². The minimum Gasteiger partial charge on any atom is -0.378 e. The SMILES string of the molecule is O=C(C1CN(c2nc3c(Cl)cccc3s2)CCO1)N1CCOCC1. The molecule has 2 saturated heterocycles. The Labute approximate surface area is 148 Å². The van der Waals surface area contributed by atoms with E-state index in [1.807, 2.05) is 23.1 Å². The molecule has 4 rings (SSSR count). The average Bonchev–Trinajstić information content (AvgIpc) is 3.08. The molecule has 24 heavy (non-hydrogen) atoms.